The van der Waals surface area contributed by atoms with Gasteiger partial charge in [-0.25, -0.2) is 9.97 Å². The van der Waals surface area contributed by atoms with Crippen LogP contribution in [0.1, 0.15) is 17.6 Å². The summed E-state index contributed by atoms with van der Waals surface area (Å²) in [7, 11) is 0. The highest BCUT2D eigenvalue weighted by molar-refractivity contribution is 5.54. The number of anilines is 1. The van der Waals surface area contributed by atoms with Gasteiger partial charge in [-0.1, -0.05) is 6.07 Å². The van der Waals surface area contributed by atoms with Crippen LogP contribution in [0.25, 0.3) is 11.4 Å². The molecule has 0 radical (unpaired) electrons. The van der Waals surface area contributed by atoms with E-state index in [9.17, 15) is 0 Å². The van der Waals surface area contributed by atoms with E-state index in [1.165, 1.54) is 0 Å². The second-order valence-electron chi connectivity index (χ2n) is 6.47. The summed E-state index contributed by atoms with van der Waals surface area (Å²) in [5, 5.41) is 3.37. The number of ether oxygens (including phenoxy) is 1. The molecule has 0 aliphatic carbocycles. The van der Waals surface area contributed by atoms with Crippen LogP contribution < -0.4 is 5.32 Å². The molecule has 7 nitrogen and oxygen atoms in total. The van der Waals surface area contributed by atoms with Gasteiger partial charge in [0.25, 0.3) is 0 Å². The van der Waals surface area contributed by atoms with Gasteiger partial charge in [0.15, 0.2) is 0 Å². The molecule has 0 unspecified atom stereocenters. The summed E-state index contributed by atoms with van der Waals surface area (Å²) < 4.78 is 11.4. The van der Waals surface area contributed by atoms with Crippen LogP contribution in [0.5, 0.6) is 0 Å². The summed E-state index contributed by atoms with van der Waals surface area (Å²) in [6.45, 7) is 5.84. The van der Waals surface area contributed by atoms with E-state index in [-0.39, 0.29) is 6.04 Å². The number of hydrogen-bond donors (Lipinski definition) is 1. The van der Waals surface area contributed by atoms with Gasteiger partial charge in [0.1, 0.15) is 11.5 Å². The Labute approximate surface area is 158 Å². The summed E-state index contributed by atoms with van der Waals surface area (Å²) >= 11 is 0. The highest BCUT2D eigenvalue weighted by Gasteiger charge is 2.25. The molecule has 4 rings (SSSR count). The first-order valence-electron chi connectivity index (χ1n) is 9.16. The van der Waals surface area contributed by atoms with Gasteiger partial charge < -0.3 is 14.5 Å². The monoisotopic (exact) mass is 365 g/mol. The molecule has 0 saturated carbocycles. The Balaban J connectivity index is 1.50. The van der Waals surface area contributed by atoms with Crippen molar-refractivity contribution in [2.24, 2.45) is 0 Å². The average molecular weight is 365 g/mol. The van der Waals surface area contributed by atoms with Crippen molar-refractivity contribution in [1.82, 2.24) is 19.9 Å². The predicted molar refractivity (Wildman–Crippen MR) is 102 cm³/mol. The molecule has 0 amide bonds. The van der Waals surface area contributed by atoms with Crippen molar-refractivity contribution in [2.45, 2.75) is 13.0 Å². The van der Waals surface area contributed by atoms with Crippen LogP contribution in [-0.4, -0.2) is 52.7 Å². The van der Waals surface area contributed by atoms with Gasteiger partial charge in [-0.3, -0.25) is 9.88 Å². The molecule has 1 atom stereocenters. The van der Waals surface area contributed by atoms with Crippen molar-refractivity contribution >= 4 is 5.95 Å². The smallest absolute Gasteiger partial charge is 0.223 e. The molecule has 0 aromatic carbocycles. The van der Waals surface area contributed by atoms with Crippen molar-refractivity contribution in [3.63, 3.8) is 0 Å². The number of rotatable bonds is 6. The van der Waals surface area contributed by atoms with Crippen LogP contribution in [0.15, 0.2) is 53.2 Å². The zero-order chi connectivity index (χ0) is 18.5. The lowest BCUT2D eigenvalue weighted by Crippen LogP contribution is -2.41. The SMILES string of the molecule is Cc1ccc([C@H](CNc2nccc(-c3ccccn3)n2)N2CCOCC2)o1. The molecule has 3 aromatic heterocycles. The summed E-state index contributed by atoms with van der Waals surface area (Å²) in [4.78, 5) is 15.7. The van der Waals surface area contributed by atoms with E-state index < -0.39 is 0 Å². The normalized spacial score (nSPS) is 16.2. The zero-order valence-electron chi connectivity index (χ0n) is 15.3. The van der Waals surface area contributed by atoms with Gasteiger partial charge >= 0.3 is 0 Å². The number of aromatic nitrogens is 3. The van der Waals surface area contributed by atoms with E-state index in [2.05, 4.69) is 25.2 Å². The minimum absolute atomic E-state index is 0.102. The quantitative estimate of drug-likeness (QED) is 0.720. The Morgan fingerprint density at radius 1 is 1.04 bits per heavy atom. The minimum Gasteiger partial charge on any atom is -0.465 e. The molecule has 1 aliphatic rings. The van der Waals surface area contributed by atoms with Gasteiger partial charge in [0.2, 0.25) is 5.95 Å². The maximum atomic E-state index is 5.91. The van der Waals surface area contributed by atoms with Crippen LogP contribution in [0, 0.1) is 6.92 Å². The highest BCUT2D eigenvalue weighted by atomic mass is 16.5. The predicted octanol–water partition coefficient (Wildman–Crippen LogP) is 2.93. The lowest BCUT2D eigenvalue weighted by atomic mass is 10.1. The number of morpholine rings is 1. The number of nitrogens with one attached hydrogen (secondary N) is 1. The Hall–Kier alpha value is -2.77. The maximum Gasteiger partial charge on any atom is 0.223 e. The highest BCUT2D eigenvalue weighted by Crippen LogP contribution is 2.24. The first-order valence-corrected chi connectivity index (χ1v) is 9.16. The second-order valence-corrected chi connectivity index (χ2v) is 6.47. The molecule has 0 spiro atoms. The third-order valence-electron chi connectivity index (χ3n) is 4.61. The number of furan rings is 1. The van der Waals surface area contributed by atoms with Crippen molar-refractivity contribution in [1.29, 1.82) is 0 Å². The third-order valence-corrected chi connectivity index (χ3v) is 4.61. The Morgan fingerprint density at radius 2 is 1.93 bits per heavy atom. The third kappa shape index (κ3) is 4.32. The number of nitrogens with zero attached hydrogens (tertiary/aromatic N) is 4. The molecule has 1 N–H and O–H groups in total. The Bertz CT molecular complexity index is 862. The van der Waals surface area contributed by atoms with E-state index in [4.69, 9.17) is 9.15 Å². The summed E-state index contributed by atoms with van der Waals surface area (Å²) in [6.07, 6.45) is 3.51. The van der Waals surface area contributed by atoms with Crippen LogP contribution in [0.2, 0.25) is 0 Å². The van der Waals surface area contributed by atoms with Gasteiger partial charge in [-0.05, 0) is 37.3 Å². The molecule has 1 fully saturated rings. The van der Waals surface area contributed by atoms with Crippen molar-refractivity contribution in [3.05, 3.63) is 60.3 Å². The van der Waals surface area contributed by atoms with Gasteiger partial charge in [0.05, 0.1) is 30.6 Å². The van der Waals surface area contributed by atoms with Crippen molar-refractivity contribution in [2.75, 3.05) is 38.2 Å². The van der Waals surface area contributed by atoms with Crippen LogP contribution in [0.4, 0.5) is 5.95 Å². The lowest BCUT2D eigenvalue weighted by molar-refractivity contribution is 0.0143. The molecule has 140 valence electrons. The fourth-order valence-corrected chi connectivity index (χ4v) is 3.22. The summed E-state index contributed by atoms with van der Waals surface area (Å²) in [5.74, 6) is 2.44. The molecule has 1 saturated heterocycles. The summed E-state index contributed by atoms with van der Waals surface area (Å²) in [5.41, 5.74) is 1.62. The van der Waals surface area contributed by atoms with E-state index in [0.29, 0.717) is 12.5 Å². The van der Waals surface area contributed by atoms with Crippen molar-refractivity contribution < 1.29 is 9.15 Å². The van der Waals surface area contributed by atoms with Gasteiger partial charge in [-0.15, -0.1) is 0 Å². The maximum absolute atomic E-state index is 5.91. The van der Waals surface area contributed by atoms with E-state index in [1.807, 2.05) is 43.3 Å². The second kappa shape index (κ2) is 8.28. The zero-order valence-corrected chi connectivity index (χ0v) is 15.3. The molecular weight excluding hydrogens is 342 g/mol. The number of hydrogen-bond acceptors (Lipinski definition) is 7. The largest absolute Gasteiger partial charge is 0.465 e. The van der Waals surface area contributed by atoms with E-state index in [1.54, 1.807) is 12.4 Å². The minimum atomic E-state index is 0.102. The van der Waals surface area contributed by atoms with Gasteiger partial charge in [0, 0.05) is 32.0 Å². The van der Waals surface area contributed by atoms with E-state index in [0.717, 1.165) is 49.2 Å². The molecular formula is C20H23N5O2. The lowest BCUT2D eigenvalue weighted by Gasteiger charge is -2.33. The molecule has 3 aromatic rings. The van der Waals surface area contributed by atoms with Gasteiger partial charge in [-0.2, -0.15) is 0 Å². The fraction of sp³-hybridized carbons (Fsp3) is 0.350. The first kappa shape index (κ1) is 17.6. The topological polar surface area (TPSA) is 76.3 Å². The standard InChI is InChI=1S/C20H23N5O2/c1-15-5-6-19(27-15)18(25-10-12-26-13-11-25)14-23-20-22-9-7-17(24-20)16-4-2-3-8-21-16/h2-9,18H,10-14H2,1H3,(H,22,23,24)/t18-/m0/s1. The average Bonchev–Trinajstić information content (AvgIpc) is 3.16. The van der Waals surface area contributed by atoms with Crippen molar-refractivity contribution in [3.8, 4) is 11.4 Å². The fourth-order valence-electron chi connectivity index (χ4n) is 3.22. The molecule has 0 bridgehead atoms. The molecule has 4 heterocycles. The van der Waals surface area contributed by atoms with Crippen LogP contribution >= 0.6 is 0 Å². The van der Waals surface area contributed by atoms with E-state index >= 15 is 0 Å². The number of aryl methyl sites for hydroxylation is 1. The summed E-state index contributed by atoms with van der Waals surface area (Å²) in [6, 6.07) is 11.8. The Morgan fingerprint density at radius 3 is 2.67 bits per heavy atom. The molecule has 1 aliphatic heterocycles. The molecule has 27 heavy (non-hydrogen) atoms. The van der Waals surface area contributed by atoms with Crippen LogP contribution in [-0.2, 0) is 4.74 Å². The van der Waals surface area contributed by atoms with Crippen LogP contribution in [0.3, 0.4) is 0 Å². The number of pyridine rings is 1. The Kier molecular flexibility index (Phi) is 5.41. The molecule has 7 heteroatoms. The first-order chi connectivity index (χ1) is 13.3.